The van der Waals surface area contributed by atoms with Crippen molar-refractivity contribution in [2.45, 2.75) is 49.1 Å². The van der Waals surface area contributed by atoms with E-state index in [1.54, 1.807) is 22.5 Å². The SMILES string of the molecule is O=S(=O)(c1ccc2c(c1)CCO2)N1CCO[C@H]2CCCC[C@@H]21. The molecule has 2 atom stereocenters. The van der Waals surface area contributed by atoms with E-state index < -0.39 is 10.0 Å². The summed E-state index contributed by atoms with van der Waals surface area (Å²) in [4.78, 5) is 0.392. The summed E-state index contributed by atoms with van der Waals surface area (Å²) in [5.41, 5.74) is 0.995. The standard InChI is InChI=1S/C16H21NO4S/c18-22(19,13-5-6-15-12(11-13)7-9-20-15)17-8-10-21-16-4-2-1-3-14(16)17/h5-6,11,14,16H,1-4,7-10H2/t14-,16-/m0/s1. The van der Waals surface area contributed by atoms with Crippen molar-refractivity contribution < 1.29 is 17.9 Å². The number of hydrogen-bond donors (Lipinski definition) is 0. The second-order valence-corrected chi connectivity index (χ2v) is 8.14. The smallest absolute Gasteiger partial charge is 0.243 e. The second-order valence-electron chi connectivity index (χ2n) is 6.24. The molecule has 2 fully saturated rings. The third-order valence-electron chi connectivity index (χ3n) is 4.95. The van der Waals surface area contributed by atoms with E-state index >= 15 is 0 Å². The molecule has 5 nitrogen and oxygen atoms in total. The molecule has 1 saturated carbocycles. The average Bonchev–Trinajstić information content (AvgIpc) is 3.02. The van der Waals surface area contributed by atoms with Crippen LogP contribution in [0.3, 0.4) is 0 Å². The number of benzene rings is 1. The Kier molecular flexibility index (Phi) is 3.63. The first-order valence-corrected chi connectivity index (χ1v) is 9.49. The van der Waals surface area contributed by atoms with E-state index in [1.807, 2.05) is 0 Å². The van der Waals surface area contributed by atoms with Crippen molar-refractivity contribution in [2.75, 3.05) is 19.8 Å². The van der Waals surface area contributed by atoms with Gasteiger partial charge in [0.05, 0.1) is 30.3 Å². The number of hydrogen-bond acceptors (Lipinski definition) is 4. The zero-order valence-corrected chi connectivity index (χ0v) is 13.3. The van der Waals surface area contributed by atoms with Crippen molar-refractivity contribution in [2.24, 2.45) is 0 Å². The summed E-state index contributed by atoms with van der Waals surface area (Å²) in [7, 11) is -3.46. The van der Waals surface area contributed by atoms with Crippen molar-refractivity contribution in [1.82, 2.24) is 4.31 Å². The molecule has 22 heavy (non-hydrogen) atoms. The molecule has 0 spiro atoms. The predicted octanol–water partition coefficient (Wildman–Crippen LogP) is 1.95. The Morgan fingerprint density at radius 3 is 2.91 bits per heavy atom. The van der Waals surface area contributed by atoms with Gasteiger partial charge in [-0.3, -0.25) is 0 Å². The zero-order valence-electron chi connectivity index (χ0n) is 12.5. The van der Waals surface area contributed by atoms with Gasteiger partial charge < -0.3 is 9.47 Å². The van der Waals surface area contributed by atoms with Gasteiger partial charge >= 0.3 is 0 Å². The van der Waals surface area contributed by atoms with E-state index in [0.717, 1.165) is 43.4 Å². The first-order chi connectivity index (χ1) is 10.7. The van der Waals surface area contributed by atoms with Crippen molar-refractivity contribution in [1.29, 1.82) is 0 Å². The molecule has 6 heteroatoms. The molecule has 1 saturated heterocycles. The molecule has 120 valence electrons. The van der Waals surface area contributed by atoms with Crippen LogP contribution < -0.4 is 4.74 Å². The summed E-state index contributed by atoms with van der Waals surface area (Å²) in [6.07, 6.45) is 4.93. The Bertz CT molecular complexity index is 671. The topological polar surface area (TPSA) is 55.8 Å². The summed E-state index contributed by atoms with van der Waals surface area (Å²) >= 11 is 0. The number of rotatable bonds is 2. The van der Waals surface area contributed by atoms with E-state index in [9.17, 15) is 8.42 Å². The van der Waals surface area contributed by atoms with Crippen LogP contribution in [0.25, 0.3) is 0 Å². The highest BCUT2D eigenvalue weighted by Gasteiger charge is 2.41. The lowest BCUT2D eigenvalue weighted by Crippen LogP contribution is -2.54. The molecule has 0 amide bonds. The lowest BCUT2D eigenvalue weighted by molar-refractivity contribution is -0.0586. The normalized spacial score (nSPS) is 28.7. The van der Waals surface area contributed by atoms with Crippen LogP contribution in [-0.2, 0) is 21.2 Å². The van der Waals surface area contributed by atoms with E-state index in [-0.39, 0.29) is 12.1 Å². The molecule has 0 aromatic heterocycles. The molecule has 2 aliphatic heterocycles. The van der Waals surface area contributed by atoms with Crippen molar-refractivity contribution in [3.05, 3.63) is 23.8 Å². The zero-order chi connectivity index (χ0) is 15.2. The average molecular weight is 323 g/mol. The Morgan fingerprint density at radius 1 is 1.14 bits per heavy atom. The molecular formula is C16H21NO4S. The fourth-order valence-electron chi connectivity index (χ4n) is 3.82. The summed E-state index contributed by atoms with van der Waals surface area (Å²) in [6.45, 7) is 1.59. The summed E-state index contributed by atoms with van der Waals surface area (Å²) in [5, 5.41) is 0. The Morgan fingerprint density at radius 2 is 2.00 bits per heavy atom. The van der Waals surface area contributed by atoms with Gasteiger partial charge in [0, 0.05) is 13.0 Å². The van der Waals surface area contributed by atoms with E-state index in [4.69, 9.17) is 9.47 Å². The van der Waals surface area contributed by atoms with Crippen LogP contribution >= 0.6 is 0 Å². The predicted molar refractivity (Wildman–Crippen MR) is 81.5 cm³/mol. The number of morpholine rings is 1. The number of sulfonamides is 1. The minimum Gasteiger partial charge on any atom is -0.493 e. The van der Waals surface area contributed by atoms with Crippen LogP contribution in [0.15, 0.2) is 23.1 Å². The van der Waals surface area contributed by atoms with Crippen molar-refractivity contribution >= 4 is 10.0 Å². The van der Waals surface area contributed by atoms with Gasteiger partial charge in [-0.05, 0) is 36.6 Å². The number of nitrogens with zero attached hydrogens (tertiary/aromatic N) is 1. The third kappa shape index (κ3) is 2.33. The molecule has 2 heterocycles. The molecule has 1 aromatic carbocycles. The van der Waals surface area contributed by atoms with Crippen LogP contribution in [0.4, 0.5) is 0 Å². The molecule has 0 bridgehead atoms. The number of fused-ring (bicyclic) bond motifs is 2. The lowest BCUT2D eigenvalue weighted by atomic mass is 9.91. The molecule has 0 N–H and O–H groups in total. The fourth-order valence-corrected chi connectivity index (χ4v) is 5.53. The molecule has 0 unspecified atom stereocenters. The lowest BCUT2D eigenvalue weighted by Gasteiger charge is -2.42. The van der Waals surface area contributed by atoms with E-state index in [1.165, 1.54) is 0 Å². The second kappa shape index (κ2) is 5.51. The first kappa shape index (κ1) is 14.5. The summed E-state index contributed by atoms with van der Waals surface area (Å²) in [6, 6.07) is 5.24. The highest BCUT2D eigenvalue weighted by Crippen LogP contribution is 2.34. The fraction of sp³-hybridized carbons (Fsp3) is 0.625. The number of ether oxygens (including phenoxy) is 2. The molecule has 3 aliphatic rings. The third-order valence-corrected chi connectivity index (χ3v) is 6.87. The van der Waals surface area contributed by atoms with E-state index in [0.29, 0.717) is 24.7 Å². The van der Waals surface area contributed by atoms with Gasteiger partial charge in [-0.1, -0.05) is 12.8 Å². The Hall–Kier alpha value is -1.11. The van der Waals surface area contributed by atoms with Crippen LogP contribution in [0.5, 0.6) is 5.75 Å². The van der Waals surface area contributed by atoms with Gasteiger partial charge in [0.1, 0.15) is 5.75 Å². The monoisotopic (exact) mass is 323 g/mol. The highest BCUT2D eigenvalue weighted by molar-refractivity contribution is 7.89. The minimum absolute atomic E-state index is 0.00277. The van der Waals surface area contributed by atoms with Gasteiger partial charge in [-0.15, -0.1) is 0 Å². The van der Waals surface area contributed by atoms with Gasteiger partial charge in [0.15, 0.2) is 0 Å². The maximum absolute atomic E-state index is 13.1. The van der Waals surface area contributed by atoms with Crippen molar-refractivity contribution in [3.63, 3.8) is 0 Å². The Balaban J connectivity index is 1.67. The van der Waals surface area contributed by atoms with Crippen LogP contribution in [0.1, 0.15) is 31.2 Å². The minimum atomic E-state index is -3.46. The molecule has 1 aromatic rings. The first-order valence-electron chi connectivity index (χ1n) is 8.05. The molecule has 0 radical (unpaired) electrons. The van der Waals surface area contributed by atoms with Crippen molar-refractivity contribution in [3.8, 4) is 5.75 Å². The van der Waals surface area contributed by atoms with Crippen LogP contribution in [0, 0.1) is 0 Å². The maximum Gasteiger partial charge on any atom is 0.243 e. The molecule has 4 rings (SSSR count). The summed E-state index contributed by atoms with van der Waals surface area (Å²) in [5.74, 6) is 0.816. The Labute approximate surface area is 131 Å². The van der Waals surface area contributed by atoms with Crippen LogP contribution in [-0.4, -0.2) is 44.6 Å². The summed E-state index contributed by atoms with van der Waals surface area (Å²) < 4.78 is 39.1. The molecular weight excluding hydrogens is 302 g/mol. The van der Waals surface area contributed by atoms with Crippen LogP contribution in [0.2, 0.25) is 0 Å². The largest absolute Gasteiger partial charge is 0.493 e. The van der Waals surface area contributed by atoms with Gasteiger partial charge in [-0.2, -0.15) is 4.31 Å². The maximum atomic E-state index is 13.1. The van der Waals surface area contributed by atoms with Gasteiger partial charge in [0.2, 0.25) is 10.0 Å². The van der Waals surface area contributed by atoms with Gasteiger partial charge in [0.25, 0.3) is 0 Å². The quantitative estimate of drug-likeness (QED) is 0.835. The van der Waals surface area contributed by atoms with E-state index in [2.05, 4.69) is 0 Å². The highest BCUT2D eigenvalue weighted by atomic mass is 32.2. The molecule has 1 aliphatic carbocycles. The van der Waals surface area contributed by atoms with Gasteiger partial charge in [-0.25, -0.2) is 8.42 Å².